The number of hydrogen-bond donors (Lipinski definition) is 1. The summed E-state index contributed by atoms with van der Waals surface area (Å²) in [5.74, 6) is 1.83. The van der Waals surface area contributed by atoms with E-state index in [1.165, 1.54) is 29.7 Å². The molecule has 0 radical (unpaired) electrons. The highest BCUT2D eigenvalue weighted by Gasteiger charge is 2.51. The number of aromatic nitrogens is 2. The van der Waals surface area contributed by atoms with Crippen LogP contribution in [0.3, 0.4) is 0 Å². The van der Waals surface area contributed by atoms with E-state index in [2.05, 4.69) is 75.9 Å². The monoisotopic (exact) mass is 403 g/mol. The smallest absolute Gasteiger partial charge is 0.141 e. The molecule has 1 N–H and O–H groups in total. The number of nitrogens with zero attached hydrogens (tertiary/aromatic N) is 4. The van der Waals surface area contributed by atoms with Gasteiger partial charge in [-0.2, -0.15) is 0 Å². The summed E-state index contributed by atoms with van der Waals surface area (Å²) in [6, 6.07) is 9.02. The predicted molar refractivity (Wildman–Crippen MR) is 127 cm³/mol. The Morgan fingerprint density at radius 1 is 1.27 bits per heavy atom. The Morgan fingerprint density at radius 3 is 2.77 bits per heavy atom. The van der Waals surface area contributed by atoms with Crippen LogP contribution in [0.2, 0.25) is 0 Å². The van der Waals surface area contributed by atoms with E-state index >= 15 is 0 Å². The molecule has 1 aromatic heterocycles. The lowest BCUT2D eigenvalue weighted by atomic mass is 10.0. The molecule has 0 unspecified atom stereocenters. The van der Waals surface area contributed by atoms with Crippen molar-refractivity contribution in [2.75, 3.05) is 36.9 Å². The standard InChI is InChI=1S/C25H33N5/c1-5-19-10-8-11-20(16-19)22(7-3)30-15-9-14-29(17-25(30)12-13-25)24-21(6-2)23(26-4)27-18-28-24/h6-8,10-11,16,18H,2,5,9,12-15,17H2,1,3-4H3,(H,26,27,28)/b22-7-. The molecular formula is C25H33N5. The van der Waals surface area contributed by atoms with Gasteiger partial charge in [-0.15, -0.1) is 0 Å². The van der Waals surface area contributed by atoms with E-state index in [0.717, 1.165) is 49.7 Å². The molecule has 5 heteroatoms. The molecule has 1 aliphatic carbocycles. The summed E-state index contributed by atoms with van der Waals surface area (Å²) in [4.78, 5) is 14.2. The van der Waals surface area contributed by atoms with E-state index in [1.807, 2.05) is 13.1 Å². The highest BCUT2D eigenvalue weighted by atomic mass is 15.3. The van der Waals surface area contributed by atoms with Crippen LogP contribution in [-0.4, -0.2) is 47.1 Å². The Kier molecular flexibility index (Phi) is 5.80. The number of allylic oxidation sites excluding steroid dienone is 1. The van der Waals surface area contributed by atoms with Gasteiger partial charge >= 0.3 is 0 Å². The average molecular weight is 404 g/mol. The van der Waals surface area contributed by atoms with Crippen LogP contribution in [0.15, 0.2) is 43.2 Å². The van der Waals surface area contributed by atoms with Gasteiger partial charge in [-0.1, -0.05) is 43.9 Å². The maximum atomic E-state index is 4.66. The first kappa shape index (κ1) is 20.5. The van der Waals surface area contributed by atoms with Crippen LogP contribution in [0.25, 0.3) is 11.8 Å². The molecule has 0 atom stereocenters. The van der Waals surface area contributed by atoms with Crippen molar-refractivity contribution in [3.8, 4) is 0 Å². The van der Waals surface area contributed by atoms with Crippen LogP contribution in [-0.2, 0) is 6.42 Å². The van der Waals surface area contributed by atoms with Crippen molar-refractivity contribution in [1.82, 2.24) is 14.9 Å². The van der Waals surface area contributed by atoms with Crippen molar-refractivity contribution in [3.05, 3.63) is 59.9 Å². The average Bonchev–Trinajstić information content (AvgIpc) is 3.60. The van der Waals surface area contributed by atoms with Crippen molar-refractivity contribution in [2.24, 2.45) is 0 Å². The number of hydrogen-bond acceptors (Lipinski definition) is 5. The summed E-state index contributed by atoms with van der Waals surface area (Å²) in [6.45, 7) is 11.5. The summed E-state index contributed by atoms with van der Waals surface area (Å²) in [7, 11) is 1.90. The second-order valence-corrected chi connectivity index (χ2v) is 8.29. The Bertz CT molecular complexity index is 944. The fourth-order valence-electron chi connectivity index (χ4n) is 4.76. The van der Waals surface area contributed by atoms with Gasteiger partial charge in [-0.25, -0.2) is 9.97 Å². The van der Waals surface area contributed by atoms with Gasteiger partial charge in [0.1, 0.15) is 18.0 Å². The summed E-state index contributed by atoms with van der Waals surface area (Å²) in [5, 5.41) is 3.18. The molecule has 4 rings (SSSR count). The van der Waals surface area contributed by atoms with Crippen LogP contribution in [0, 0.1) is 0 Å². The van der Waals surface area contributed by atoms with E-state index in [9.17, 15) is 0 Å². The topological polar surface area (TPSA) is 44.3 Å². The zero-order chi connectivity index (χ0) is 21.1. The summed E-state index contributed by atoms with van der Waals surface area (Å²) < 4.78 is 0. The lowest BCUT2D eigenvalue weighted by molar-refractivity contribution is 0.293. The predicted octanol–water partition coefficient (Wildman–Crippen LogP) is 4.83. The molecule has 158 valence electrons. The number of aryl methyl sites for hydroxylation is 1. The molecule has 1 aromatic carbocycles. The van der Waals surface area contributed by atoms with E-state index < -0.39 is 0 Å². The number of anilines is 2. The maximum Gasteiger partial charge on any atom is 0.141 e. The van der Waals surface area contributed by atoms with Crippen LogP contribution in [0.1, 0.15) is 49.8 Å². The van der Waals surface area contributed by atoms with E-state index in [1.54, 1.807) is 6.33 Å². The molecule has 2 aromatic rings. The van der Waals surface area contributed by atoms with Crippen molar-refractivity contribution < 1.29 is 0 Å². The molecule has 1 aliphatic heterocycles. The summed E-state index contributed by atoms with van der Waals surface area (Å²) in [5.41, 5.74) is 5.27. The molecule has 5 nitrogen and oxygen atoms in total. The molecule has 30 heavy (non-hydrogen) atoms. The molecule has 1 saturated carbocycles. The van der Waals surface area contributed by atoms with Crippen LogP contribution in [0.4, 0.5) is 11.6 Å². The van der Waals surface area contributed by atoms with Crippen LogP contribution in [0.5, 0.6) is 0 Å². The van der Waals surface area contributed by atoms with Gasteiger partial charge in [0.05, 0.1) is 11.1 Å². The molecule has 2 heterocycles. The molecule has 1 saturated heterocycles. The molecule has 2 aliphatic rings. The van der Waals surface area contributed by atoms with E-state index in [-0.39, 0.29) is 5.54 Å². The zero-order valence-electron chi connectivity index (χ0n) is 18.5. The lowest BCUT2D eigenvalue weighted by Gasteiger charge is -2.36. The van der Waals surface area contributed by atoms with Gasteiger partial charge in [0, 0.05) is 32.4 Å². The second-order valence-electron chi connectivity index (χ2n) is 8.29. The summed E-state index contributed by atoms with van der Waals surface area (Å²) >= 11 is 0. The van der Waals surface area contributed by atoms with Gasteiger partial charge in [-0.3, -0.25) is 0 Å². The Labute approximate surface area is 180 Å². The van der Waals surface area contributed by atoms with Gasteiger partial charge < -0.3 is 15.1 Å². The van der Waals surface area contributed by atoms with E-state index in [0.29, 0.717) is 0 Å². The highest BCUT2D eigenvalue weighted by Crippen LogP contribution is 2.48. The van der Waals surface area contributed by atoms with Gasteiger partial charge in [0.2, 0.25) is 0 Å². The maximum absolute atomic E-state index is 4.66. The fraction of sp³-hybridized carbons (Fsp3) is 0.440. The minimum absolute atomic E-state index is 0.184. The molecular weight excluding hydrogens is 370 g/mol. The number of nitrogens with one attached hydrogen (secondary N) is 1. The van der Waals surface area contributed by atoms with Crippen molar-refractivity contribution >= 4 is 23.4 Å². The first-order valence-electron chi connectivity index (χ1n) is 11.1. The minimum Gasteiger partial charge on any atom is -0.372 e. The molecule has 2 fully saturated rings. The van der Waals surface area contributed by atoms with Crippen molar-refractivity contribution in [1.29, 1.82) is 0 Å². The Balaban J connectivity index is 1.65. The fourth-order valence-corrected chi connectivity index (χ4v) is 4.76. The quantitative estimate of drug-likeness (QED) is 0.748. The third-order valence-electron chi connectivity index (χ3n) is 6.49. The first-order chi connectivity index (χ1) is 14.7. The van der Waals surface area contributed by atoms with Crippen LogP contribution < -0.4 is 10.2 Å². The molecule has 0 amide bonds. The van der Waals surface area contributed by atoms with Crippen molar-refractivity contribution in [3.63, 3.8) is 0 Å². The largest absolute Gasteiger partial charge is 0.372 e. The number of benzene rings is 1. The Hall–Kier alpha value is -2.82. The zero-order valence-corrected chi connectivity index (χ0v) is 18.5. The molecule has 0 bridgehead atoms. The highest BCUT2D eigenvalue weighted by molar-refractivity contribution is 5.73. The van der Waals surface area contributed by atoms with Gasteiger partial charge in [0.25, 0.3) is 0 Å². The third kappa shape index (κ3) is 3.69. The second kappa shape index (κ2) is 8.50. The van der Waals surface area contributed by atoms with Gasteiger partial charge in [0.15, 0.2) is 0 Å². The Morgan fingerprint density at radius 2 is 2.10 bits per heavy atom. The van der Waals surface area contributed by atoms with E-state index in [4.69, 9.17) is 0 Å². The summed E-state index contributed by atoms with van der Waals surface area (Å²) in [6.07, 6.45) is 10.4. The molecule has 1 spiro atoms. The minimum atomic E-state index is 0.184. The third-order valence-corrected chi connectivity index (χ3v) is 6.49. The number of rotatable bonds is 6. The van der Waals surface area contributed by atoms with Gasteiger partial charge in [-0.05, 0) is 49.8 Å². The lowest BCUT2D eigenvalue weighted by Crippen LogP contribution is -2.42. The first-order valence-corrected chi connectivity index (χ1v) is 11.1. The SMILES string of the molecule is C=Cc1c(NC)ncnc1N1CCCN(/C(=C\C)c2cccc(CC)c2)C2(CC2)C1. The van der Waals surface area contributed by atoms with Crippen LogP contribution >= 0.6 is 0 Å². The normalized spacial score (nSPS) is 18.3. The van der Waals surface area contributed by atoms with Crippen molar-refractivity contribution in [2.45, 2.75) is 45.1 Å².